The molecule has 1 aromatic heterocycles. The molecule has 3 aromatic rings. The molecule has 5 nitrogen and oxygen atoms in total. The molecule has 0 aliphatic rings. The summed E-state index contributed by atoms with van der Waals surface area (Å²) in [7, 11) is 1.49. The van der Waals surface area contributed by atoms with Crippen LogP contribution in [0.4, 0.5) is 0 Å². The van der Waals surface area contributed by atoms with E-state index in [1.165, 1.54) is 25.3 Å². The van der Waals surface area contributed by atoms with Gasteiger partial charge in [-0.1, -0.05) is 17.7 Å². The van der Waals surface area contributed by atoms with Crippen LogP contribution in [-0.4, -0.2) is 17.3 Å². The van der Waals surface area contributed by atoms with Gasteiger partial charge in [-0.2, -0.15) is 0 Å². The lowest BCUT2D eigenvalue weighted by molar-refractivity contribution is 0.407. The van der Waals surface area contributed by atoms with Crippen LogP contribution < -0.4 is 10.2 Å². The molecule has 1 heterocycles. The van der Waals surface area contributed by atoms with Crippen LogP contribution in [0, 0.1) is 0 Å². The van der Waals surface area contributed by atoms with Gasteiger partial charge in [0.1, 0.15) is 34.0 Å². The maximum absolute atomic E-state index is 13.1. The van der Waals surface area contributed by atoms with E-state index in [2.05, 4.69) is 0 Å². The van der Waals surface area contributed by atoms with Gasteiger partial charge in [0.15, 0.2) is 0 Å². The molecule has 26 heavy (non-hydrogen) atoms. The Morgan fingerprint density at radius 2 is 1.96 bits per heavy atom. The molecule has 0 spiro atoms. The Balaban J connectivity index is 2.39. The van der Waals surface area contributed by atoms with Gasteiger partial charge in [0, 0.05) is 11.6 Å². The highest BCUT2D eigenvalue weighted by atomic mass is 16.5. The number of aromatic hydroxyl groups is 2. The quantitative estimate of drug-likeness (QED) is 0.681. The van der Waals surface area contributed by atoms with Gasteiger partial charge in [-0.15, -0.1) is 0 Å². The molecule has 134 valence electrons. The molecule has 0 atom stereocenters. The van der Waals surface area contributed by atoms with Crippen molar-refractivity contribution in [2.24, 2.45) is 0 Å². The van der Waals surface area contributed by atoms with E-state index < -0.39 is 0 Å². The average molecular weight is 352 g/mol. The molecule has 5 heteroatoms. The summed E-state index contributed by atoms with van der Waals surface area (Å²) in [5.41, 5.74) is 2.05. The fraction of sp³-hybridized carbons (Fsp3) is 0.190. The summed E-state index contributed by atoms with van der Waals surface area (Å²) in [6.07, 6.45) is 2.28. The van der Waals surface area contributed by atoms with Crippen molar-refractivity contribution in [1.29, 1.82) is 0 Å². The third-order valence-corrected chi connectivity index (χ3v) is 4.14. The van der Waals surface area contributed by atoms with E-state index >= 15 is 0 Å². The topological polar surface area (TPSA) is 79.9 Å². The van der Waals surface area contributed by atoms with Crippen LogP contribution in [0.5, 0.6) is 17.2 Å². The van der Waals surface area contributed by atoms with Crippen molar-refractivity contribution < 1.29 is 19.4 Å². The summed E-state index contributed by atoms with van der Waals surface area (Å²) in [5.74, 6) is 0.699. The first-order valence-electron chi connectivity index (χ1n) is 8.20. The number of ether oxygens (including phenoxy) is 1. The largest absolute Gasteiger partial charge is 0.508 e. The van der Waals surface area contributed by atoms with E-state index in [9.17, 15) is 15.0 Å². The molecule has 0 amide bonds. The van der Waals surface area contributed by atoms with Crippen molar-refractivity contribution in [1.82, 2.24) is 0 Å². The van der Waals surface area contributed by atoms with Crippen molar-refractivity contribution in [3.05, 3.63) is 63.8 Å². The summed E-state index contributed by atoms with van der Waals surface area (Å²) < 4.78 is 11.4. The average Bonchev–Trinajstić information content (AvgIpc) is 2.60. The standard InChI is InChI=1S/C21H20O5/c1-12(2)7-9-15-20(24)19-16(23)5-4-6-17(19)26-21(15)14-10-8-13(22)11-18(14)25-3/h4-8,10-11,22-23H,9H2,1-3H3. The number of rotatable bonds is 4. The van der Waals surface area contributed by atoms with Crippen molar-refractivity contribution in [2.75, 3.05) is 7.11 Å². The van der Waals surface area contributed by atoms with Crippen LogP contribution in [0.15, 0.2) is 57.3 Å². The predicted molar refractivity (Wildman–Crippen MR) is 101 cm³/mol. The van der Waals surface area contributed by atoms with Crippen molar-refractivity contribution >= 4 is 11.0 Å². The molecular formula is C21H20O5. The second-order valence-corrected chi connectivity index (χ2v) is 6.26. The Bertz CT molecular complexity index is 1060. The summed E-state index contributed by atoms with van der Waals surface area (Å²) in [6.45, 7) is 3.89. The number of hydrogen-bond donors (Lipinski definition) is 2. The second kappa shape index (κ2) is 6.96. The Labute approximate surface area is 150 Å². The SMILES string of the molecule is COc1cc(O)ccc1-c1oc2cccc(O)c2c(=O)c1CC=C(C)C. The first kappa shape index (κ1) is 17.6. The third kappa shape index (κ3) is 3.16. The first-order valence-corrected chi connectivity index (χ1v) is 8.20. The molecule has 0 aliphatic carbocycles. The zero-order valence-electron chi connectivity index (χ0n) is 14.9. The highest BCUT2D eigenvalue weighted by molar-refractivity contribution is 5.86. The monoisotopic (exact) mass is 352 g/mol. The Morgan fingerprint density at radius 3 is 2.65 bits per heavy atom. The maximum atomic E-state index is 13.1. The van der Waals surface area contributed by atoms with Crippen molar-refractivity contribution in [3.63, 3.8) is 0 Å². The van der Waals surface area contributed by atoms with Crippen molar-refractivity contribution in [3.8, 4) is 28.6 Å². The fourth-order valence-electron chi connectivity index (χ4n) is 2.83. The van der Waals surface area contributed by atoms with E-state index in [0.29, 0.717) is 34.6 Å². The number of phenols is 2. The van der Waals surface area contributed by atoms with Gasteiger partial charge in [-0.25, -0.2) is 0 Å². The molecule has 0 unspecified atom stereocenters. The Kier molecular flexibility index (Phi) is 4.71. The van der Waals surface area contributed by atoms with Gasteiger partial charge in [0.2, 0.25) is 5.43 Å². The molecule has 0 bridgehead atoms. The van der Waals surface area contributed by atoms with Gasteiger partial charge in [-0.05, 0) is 44.5 Å². The van der Waals surface area contributed by atoms with E-state index in [1.54, 1.807) is 18.2 Å². The Morgan fingerprint density at radius 1 is 1.19 bits per heavy atom. The number of fused-ring (bicyclic) bond motifs is 1. The molecule has 0 radical (unpaired) electrons. The van der Waals surface area contributed by atoms with Gasteiger partial charge in [0.05, 0.1) is 12.7 Å². The highest BCUT2D eigenvalue weighted by Gasteiger charge is 2.20. The summed E-state index contributed by atoms with van der Waals surface area (Å²) in [6, 6.07) is 9.34. The summed E-state index contributed by atoms with van der Waals surface area (Å²) in [5, 5.41) is 20.0. The number of hydrogen-bond acceptors (Lipinski definition) is 5. The van der Waals surface area contributed by atoms with Crippen LogP contribution >= 0.6 is 0 Å². The minimum absolute atomic E-state index is 0.0530. The van der Waals surface area contributed by atoms with E-state index in [0.717, 1.165) is 5.57 Å². The van der Waals surface area contributed by atoms with Crippen LogP contribution in [-0.2, 0) is 6.42 Å². The second-order valence-electron chi connectivity index (χ2n) is 6.26. The summed E-state index contributed by atoms with van der Waals surface area (Å²) in [4.78, 5) is 13.1. The molecule has 0 saturated heterocycles. The minimum Gasteiger partial charge on any atom is -0.508 e. The normalized spacial score (nSPS) is 10.7. The van der Waals surface area contributed by atoms with Crippen LogP contribution in [0.1, 0.15) is 19.4 Å². The van der Waals surface area contributed by atoms with E-state index in [1.807, 2.05) is 19.9 Å². The van der Waals surface area contributed by atoms with Crippen LogP contribution in [0.3, 0.4) is 0 Å². The number of methoxy groups -OCH3 is 1. The maximum Gasteiger partial charge on any atom is 0.200 e. The lowest BCUT2D eigenvalue weighted by Gasteiger charge is -2.13. The van der Waals surface area contributed by atoms with Crippen molar-refractivity contribution in [2.45, 2.75) is 20.3 Å². The molecule has 0 saturated carbocycles. The zero-order valence-corrected chi connectivity index (χ0v) is 14.9. The summed E-state index contributed by atoms with van der Waals surface area (Å²) >= 11 is 0. The van der Waals surface area contributed by atoms with Gasteiger partial charge in [0.25, 0.3) is 0 Å². The molecule has 0 aliphatic heterocycles. The molecule has 2 N–H and O–H groups in total. The lowest BCUT2D eigenvalue weighted by Crippen LogP contribution is -2.11. The lowest BCUT2D eigenvalue weighted by atomic mass is 10.00. The van der Waals surface area contributed by atoms with Gasteiger partial charge >= 0.3 is 0 Å². The smallest absolute Gasteiger partial charge is 0.200 e. The van der Waals surface area contributed by atoms with E-state index in [4.69, 9.17) is 9.15 Å². The number of phenolic OH excluding ortho intramolecular Hbond substituents is 2. The highest BCUT2D eigenvalue weighted by Crippen LogP contribution is 2.36. The Hall–Kier alpha value is -3.21. The van der Waals surface area contributed by atoms with Crippen LogP contribution in [0.25, 0.3) is 22.3 Å². The predicted octanol–water partition coefficient (Wildman–Crippen LogP) is 4.39. The number of benzene rings is 2. The fourth-order valence-corrected chi connectivity index (χ4v) is 2.83. The third-order valence-electron chi connectivity index (χ3n) is 4.14. The van der Waals surface area contributed by atoms with Crippen LogP contribution in [0.2, 0.25) is 0 Å². The molecule has 0 fully saturated rings. The number of allylic oxidation sites excluding steroid dienone is 2. The minimum atomic E-state index is -0.285. The van der Waals surface area contributed by atoms with E-state index in [-0.39, 0.29) is 22.3 Å². The zero-order chi connectivity index (χ0) is 18.8. The molecule has 3 rings (SSSR count). The molecule has 2 aromatic carbocycles. The first-order chi connectivity index (χ1) is 12.4. The van der Waals surface area contributed by atoms with Gasteiger partial charge < -0.3 is 19.4 Å². The van der Waals surface area contributed by atoms with Gasteiger partial charge in [-0.3, -0.25) is 4.79 Å². The molecular weight excluding hydrogens is 332 g/mol.